The number of hydrogen-bond acceptors (Lipinski definition) is 3. The van der Waals surface area contributed by atoms with Crippen molar-refractivity contribution in [2.45, 2.75) is 32.7 Å². The number of benzene rings is 2. The molecule has 3 aromatic rings. The summed E-state index contributed by atoms with van der Waals surface area (Å²) >= 11 is 1.70. The fraction of sp³-hybridized carbons (Fsp3) is 0.286. The van der Waals surface area contributed by atoms with Crippen LogP contribution in [0.5, 0.6) is 5.75 Å². The maximum Gasteiger partial charge on any atom is 0.190 e. The highest BCUT2D eigenvalue weighted by atomic mass is 32.1. The number of hydrogen-bond donors (Lipinski definition) is 0. The molecular weight excluding hydrogens is 328 g/mol. The molecule has 4 heteroatoms. The fourth-order valence-corrected chi connectivity index (χ4v) is 3.72. The number of rotatable bonds is 7. The maximum atomic E-state index is 5.23. The minimum Gasteiger partial charge on any atom is -0.497 e. The SMILES string of the molecule is CCCCCn1c(-c2ccccc2)csc1=Nc1ccc(OC)cc1. The Morgan fingerprint density at radius 3 is 2.44 bits per heavy atom. The number of thiazole rings is 1. The lowest BCUT2D eigenvalue weighted by molar-refractivity contribution is 0.415. The number of methoxy groups -OCH3 is 1. The van der Waals surface area contributed by atoms with Gasteiger partial charge in [-0.25, -0.2) is 4.99 Å². The third-order valence-corrected chi connectivity index (χ3v) is 5.01. The molecule has 1 aromatic heterocycles. The molecule has 0 saturated heterocycles. The third-order valence-electron chi connectivity index (χ3n) is 4.15. The molecule has 0 radical (unpaired) electrons. The summed E-state index contributed by atoms with van der Waals surface area (Å²) in [6, 6.07) is 18.4. The Hall–Kier alpha value is -2.33. The Balaban J connectivity index is 1.99. The van der Waals surface area contributed by atoms with Crippen LogP contribution < -0.4 is 9.54 Å². The average Bonchev–Trinajstić information content (AvgIpc) is 3.06. The van der Waals surface area contributed by atoms with E-state index in [-0.39, 0.29) is 0 Å². The highest BCUT2D eigenvalue weighted by molar-refractivity contribution is 7.07. The van der Waals surface area contributed by atoms with Crippen molar-refractivity contribution in [3.63, 3.8) is 0 Å². The molecule has 0 aliphatic carbocycles. The Morgan fingerprint density at radius 1 is 1.00 bits per heavy atom. The van der Waals surface area contributed by atoms with Gasteiger partial charge in [0.25, 0.3) is 0 Å². The Kier molecular flexibility index (Phi) is 6.07. The fourth-order valence-electron chi connectivity index (χ4n) is 2.76. The molecule has 1 heterocycles. The van der Waals surface area contributed by atoms with Crippen LogP contribution in [0.2, 0.25) is 0 Å². The molecular formula is C21H24N2OS. The molecule has 25 heavy (non-hydrogen) atoms. The van der Waals surface area contributed by atoms with E-state index in [9.17, 15) is 0 Å². The van der Waals surface area contributed by atoms with E-state index in [0.29, 0.717) is 0 Å². The van der Waals surface area contributed by atoms with Crippen LogP contribution in [-0.2, 0) is 6.54 Å². The maximum absolute atomic E-state index is 5.23. The molecule has 0 atom stereocenters. The van der Waals surface area contributed by atoms with Crippen LogP contribution in [0.15, 0.2) is 65.0 Å². The van der Waals surface area contributed by atoms with Gasteiger partial charge in [0.05, 0.1) is 18.5 Å². The zero-order chi connectivity index (χ0) is 17.5. The van der Waals surface area contributed by atoms with Crippen LogP contribution in [0.1, 0.15) is 26.2 Å². The number of aromatic nitrogens is 1. The first-order chi connectivity index (χ1) is 12.3. The molecule has 3 nitrogen and oxygen atoms in total. The van der Waals surface area contributed by atoms with Crippen molar-refractivity contribution in [2.75, 3.05) is 7.11 Å². The average molecular weight is 353 g/mol. The van der Waals surface area contributed by atoms with Crippen LogP contribution in [0.4, 0.5) is 5.69 Å². The van der Waals surface area contributed by atoms with Gasteiger partial charge < -0.3 is 9.30 Å². The van der Waals surface area contributed by atoms with Gasteiger partial charge in [0.15, 0.2) is 4.80 Å². The minimum atomic E-state index is 0.853. The monoisotopic (exact) mass is 352 g/mol. The lowest BCUT2D eigenvalue weighted by atomic mass is 10.1. The van der Waals surface area contributed by atoms with Crippen LogP contribution >= 0.6 is 11.3 Å². The van der Waals surface area contributed by atoms with Gasteiger partial charge in [-0.2, -0.15) is 0 Å². The van der Waals surface area contributed by atoms with Crippen molar-refractivity contribution >= 4 is 17.0 Å². The summed E-state index contributed by atoms with van der Waals surface area (Å²) < 4.78 is 7.57. The van der Waals surface area contributed by atoms with Crippen molar-refractivity contribution in [1.82, 2.24) is 4.57 Å². The van der Waals surface area contributed by atoms with Crippen molar-refractivity contribution < 1.29 is 4.74 Å². The molecule has 0 fully saturated rings. The summed E-state index contributed by atoms with van der Waals surface area (Å²) in [5.41, 5.74) is 3.44. The first-order valence-electron chi connectivity index (χ1n) is 8.74. The normalized spacial score (nSPS) is 11.7. The van der Waals surface area contributed by atoms with Gasteiger partial charge in [-0.1, -0.05) is 50.1 Å². The lowest BCUT2D eigenvalue weighted by Crippen LogP contribution is -2.16. The summed E-state index contributed by atoms with van der Waals surface area (Å²) in [6.07, 6.45) is 3.62. The van der Waals surface area contributed by atoms with Gasteiger partial charge in [-0.15, -0.1) is 11.3 Å². The standard InChI is InChI=1S/C21H24N2OS/c1-3-4-8-15-23-20(17-9-6-5-7-10-17)16-25-21(23)22-18-11-13-19(24-2)14-12-18/h5-7,9-14,16H,3-4,8,15H2,1-2H3. The zero-order valence-corrected chi connectivity index (χ0v) is 15.6. The predicted octanol–water partition coefficient (Wildman–Crippen LogP) is 5.65. The zero-order valence-electron chi connectivity index (χ0n) is 14.8. The van der Waals surface area contributed by atoms with Gasteiger partial charge in [-0.05, 0) is 36.2 Å². The first-order valence-corrected chi connectivity index (χ1v) is 9.62. The smallest absolute Gasteiger partial charge is 0.190 e. The minimum absolute atomic E-state index is 0.853. The highest BCUT2D eigenvalue weighted by Crippen LogP contribution is 2.22. The molecule has 0 saturated carbocycles. The number of unbranched alkanes of at least 4 members (excludes halogenated alkanes) is 2. The number of ether oxygens (including phenoxy) is 1. The van der Waals surface area contributed by atoms with Crippen molar-refractivity contribution in [3.05, 3.63) is 64.8 Å². The Morgan fingerprint density at radius 2 is 1.76 bits per heavy atom. The topological polar surface area (TPSA) is 26.5 Å². The van der Waals surface area contributed by atoms with Crippen molar-refractivity contribution in [1.29, 1.82) is 0 Å². The molecule has 0 amide bonds. The van der Waals surface area contributed by atoms with Gasteiger partial charge >= 0.3 is 0 Å². The summed E-state index contributed by atoms with van der Waals surface area (Å²) in [7, 11) is 1.68. The molecule has 0 unspecified atom stereocenters. The molecule has 3 rings (SSSR count). The van der Waals surface area contributed by atoms with E-state index in [2.05, 4.69) is 47.2 Å². The lowest BCUT2D eigenvalue weighted by Gasteiger charge is -2.09. The van der Waals surface area contributed by atoms with E-state index in [1.165, 1.54) is 30.5 Å². The second kappa shape index (κ2) is 8.67. The number of nitrogens with zero attached hydrogens (tertiary/aromatic N) is 2. The van der Waals surface area contributed by atoms with E-state index in [1.807, 2.05) is 24.3 Å². The van der Waals surface area contributed by atoms with Gasteiger partial charge in [0, 0.05) is 11.9 Å². The van der Waals surface area contributed by atoms with E-state index in [1.54, 1.807) is 18.4 Å². The summed E-state index contributed by atoms with van der Waals surface area (Å²) in [6.45, 7) is 3.23. The largest absolute Gasteiger partial charge is 0.497 e. The molecule has 130 valence electrons. The molecule has 0 bridgehead atoms. The van der Waals surface area contributed by atoms with Crippen molar-refractivity contribution in [3.8, 4) is 17.0 Å². The first kappa shape index (κ1) is 17.5. The van der Waals surface area contributed by atoms with Crippen LogP contribution in [-0.4, -0.2) is 11.7 Å². The molecule has 0 N–H and O–H groups in total. The Labute approximate surface area is 153 Å². The van der Waals surface area contributed by atoms with Crippen LogP contribution in [0.3, 0.4) is 0 Å². The van der Waals surface area contributed by atoms with Crippen molar-refractivity contribution in [2.24, 2.45) is 4.99 Å². The summed E-state index contributed by atoms with van der Waals surface area (Å²) in [4.78, 5) is 5.91. The van der Waals surface area contributed by atoms with Gasteiger partial charge in [-0.3, -0.25) is 0 Å². The molecule has 0 aliphatic rings. The van der Waals surface area contributed by atoms with Crippen LogP contribution in [0.25, 0.3) is 11.3 Å². The van der Waals surface area contributed by atoms with E-state index in [4.69, 9.17) is 9.73 Å². The quantitative estimate of drug-likeness (QED) is 0.505. The van der Waals surface area contributed by atoms with Crippen LogP contribution in [0, 0.1) is 0 Å². The summed E-state index contributed by atoms with van der Waals surface area (Å²) in [5.74, 6) is 0.853. The molecule has 0 spiro atoms. The second-order valence-electron chi connectivity index (χ2n) is 5.94. The molecule has 2 aromatic carbocycles. The van der Waals surface area contributed by atoms with Gasteiger partial charge in [0.2, 0.25) is 0 Å². The Bertz CT molecular complexity index is 848. The second-order valence-corrected chi connectivity index (χ2v) is 6.77. The summed E-state index contributed by atoms with van der Waals surface area (Å²) in [5, 5.41) is 2.21. The van der Waals surface area contributed by atoms with E-state index >= 15 is 0 Å². The highest BCUT2D eigenvalue weighted by Gasteiger charge is 2.07. The van der Waals surface area contributed by atoms with E-state index < -0.39 is 0 Å². The molecule has 0 aliphatic heterocycles. The van der Waals surface area contributed by atoms with E-state index in [0.717, 1.165) is 22.8 Å². The van der Waals surface area contributed by atoms with Gasteiger partial charge in [0.1, 0.15) is 5.75 Å². The predicted molar refractivity (Wildman–Crippen MR) is 105 cm³/mol. The third kappa shape index (κ3) is 4.40.